The molecule has 1 aromatic heterocycles. The molecular weight excluding hydrogens is 174 g/mol. The minimum atomic E-state index is 0. The summed E-state index contributed by atoms with van der Waals surface area (Å²) < 4.78 is 0. The van der Waals surface area contributed by atoms with Crippen molar-refractivity contribution in [3.8, 4) is 0 Å². The van der Waals surface area contributed by atoms with Crippen molar-refractivity contribution >= 4 is 12.4 Å². The van der Waals surface area contributed by atoms with Crippen molar-refractivity contribution in [1.29, 1.82) is 0 Å². The van der Waals surface area contributed by atoms with Gasteiger partial charge in [-0.1, -0.05) is 0 Å². The van der Waals surface area contributed by atoms with Gasteiger partial charge in [-0.2, -0.15) is 0 Å². The van der Waals surface area contributed by atoms with Gasteiger partial charge in [-0.15, -0.1) is 12.4 Å². The summed E-state index contributed by atoms with van der Waals surface area (Å²) in [6, 6.07) is 0. The van der Waals surface area contributed by atoms with E-state index in [4.69, 9.17) is 5.73 Å². The lowest BCUT2D eigenvalue weighted by atomic mass is 10.2. The Morgan fingerprint density at radius 3 is 2.58 bits per heavy atom. The van der Waals surface area contributed by atoms with E-state index in [-0.39, 0.29) is 12.4 Å². The fourth-order valence-electron chi connectivity index (χ4n) is 1.23. The Morgan fingerprint density at radius 1 is 1.33 bits per heavy atom. The maximum absolute atomic E-state index is 5.51. The average molecular weight is 186 g/mol. The third-order valence-corrected chi connectivity index (χ3v) is 1.96. The molecule has 0 radical (unpaired) electrons. The first-order valence-corrected chi connectivity index (χ1v) is 3.91. The number of halogens is 1. The van der Waals surface area contributed by atoms with Crippen LogP contribution in [0, 0.1) is 0 Å². The summed E-state index contributed by atoms with van der Waals surface area (Å²) in [7, 11) is 0. The minimum absolute atomic E-state index is 0. The molecule has 4 heteroatoms. The SMILES string of the molecule is Cl.NCc1nccnc1C1CC1. The zero-order valence-electron chi connectivity index (χ0n) is 6.73. The molecule has 0 aromatic carbocycles. The molecule has 0 aliphatic heterocycles. The number of nitrogens with two attached hydrogens (primary N) is 1. The van der Waals surface area contributed by atoms with Gasteiger partial charge in [0.25, 0.3) is 0 Å². The maximum Gasteiger partial charge on any atom is 0.0757 e. The van der Waals surface area contributed by atoms with Crippen LogP contribution >= 0.6 is 12.4 Å². The van der Waals surface area contributed by atoms with Crippen LogP contribution in [0.4, 0.5) is 0 Å². The van der Waals surface area contributed by atoms with Crippen LogP contribution in [-0.4, -0.2) is 9.97 Å². The van der Waals surface area contributed by atoms with Crippen LogP contribution in [0.3, 0.4) is 0 Å². The number of hydrogen-bond acceptors (Lipinski definition) is 3. The average Bonchev–Trinajstić information content (AvgIpc) is 2.87. The van der Waals surface area contributed by atoms with Crippen molar-refractivity contribution in [2.24, 2.45) is 5.73 Å². The van der Waals surface area contributed by atoms with Crippen LogP contribution in [0.1, 0.15) is 30.1 Å². The minimum Gasteiger partial charge on any atom is -0.325 e. The number of aromatic nitrogens is 2. The zero-order chi connectivity index (χ0) is 7.68. The van der Waals surface area contributed by atoms with Crippen molar-refractivity contribution < 1.29 is 0 Å². The third kappa shape index (κ3) is 1.73. The van der Waals surface area contributed by atoms with E-state index < -0.39 is 0 Å². The van der Waals surface area contributed by atoms with Gasteiger partial charge in [0.2, 0.25) is 0 Å². The van der Waals surface area contributed by atoms with Crippen molar-refractivity contribution in [2.45, 2.75) is 25.3 Å². The zero-order valence-corrected chi connectivity index (χ0v) is 7.55. The standard InChI is InChI=1S/C8H11N3.ClH/c9-5-7-8(6-1-2-6)11-4-3-10-7;/h3-4,6H,1-2,5,9H2;1H. The van der Waals surface area contributed by atoms with Crippen LogP contribution in [0.15, 0.2) is 12.4 Å². The second-order valence-electron chi connectivity index (χ2n) is 2.87. The predicted octanol–water partition coefficient (Wildman–Crippen LogP) is 1.23. The van der Waals surface area contributed by atoms with Crippen LogP contribution in [0.25, 0.3) is 0 Å². The molecule has 3 nitrogen and oxygen atoms in total. The summed E-state index contributed by atoms with van der Waals surface area (Å²) >= 11 is 0. The molecule has 2 rings (SSSR count). The van der Waals surface area contributed by atoms with Gasteiger partial charge in [0.15, 0.2) is 0 Å². The molecule has 1 saturated carbocycles. The van der Waals surface area contributed by atoms with Gasteiger partial charge in [-0.05, 0) is 12.8 Å². The molecule has 1 aromatic rings. The Kier molecular flexibility index (Phi) is 3.00. The molecule has 0 atom stereocenters. The molecule has 1 aliphatic carbocycles. The predicted molar refractivity (Wildman–Crippen MR) is 49.1 cm³/mol. The molecule has 0 amide bonds. The van der Waals surface area contributed by atoms with Crippen LogP contribution in [-0.2, 0) is 6.54 Å². The van der Waals surface area contributed by atoms with Gasteiger partial charge in [0.1, 0.15) is 0 Å². The molecule has 2 N–H and O–H groups in total. The van der Waals surface area contributed by atoms with Crippen molar-refractivity contribution in [3.63, 3.8) is 0 Å². The van der Waals surface area contributed by atoms with E-state index in [0.717, 1.165) is 11.4 Å². The Bertz CT molecular complexity index is 260. The molecule has 0 spiro atoms. The Hall–Kier alpha value is -0.670. The highest BCUT2D eigenvalue weighted by Crippen LogP contribution is 2.39. The molecule has 0 saturated heterocycles. The van der Waals surface area contributed by atoms with E-state index in [1.54, 1.807) is 12.4 Å². The number of nitrogens with zero attached hydrogens (tertiary/aromatic N) is 2. The van der Waals surface area contributed by atoms with Crippen molar-refractivity contribution in [2.75, 3.05) is 0 Å². The molecule has 0 bridgehead atoms. The molecule has 12 heavy (non-hydrogen) atoms. The fraction of sp³-hybridized carbons (Fsp3) is 0.500. The van der Waals surface area contributed by atoms with Crippen LogP contribution in [0.5, 0.6) is 0 Å². The summed E-state index contributed by atoms with van der Waals surface area (Å²) in [6.45, 7) is 0.514. The van der Waals surface area contributed by atoms with E-state index in [2.05, 4.69) is 9.97 Å². The van der Waals surface area contributed by atoms with Gasteiger partial charge in [-0.3, -0.25) is 9.97 Å². The molecule has 1 aliphatic rings. The Morgan fingerprint density at radius 2 is 2.00 bits per heavy atom. The Balaban J connectivity index is 0.000000720. The quantitative estimate of drug-likeness (QED) is 0.754. The molecule has 1 heterocycles. The highest BCUT2D eigenvalue weighted by molar-refractivity contribution is 5.85. The lowest BCUT2D eigenvalue weighted by molar-refractivity contribution is 0.878. The highest BCUT2D eigenvalue weighted by Gasteiger charge is 2.27. The second-order valence-corrected chi connectivity index (χ2v) is 2.87. The van der Waals surface area contributed by atoms with E-state index in [9.17, 15) is 0 Å². The first-order valence-electron chi connectivity index (χ1n) is 3.91. The summed E-state index contributed by atoms with van der Waals surface area (Å²) in [4.78, 5) is 8.44. The largest absolute Gasteiger partial charge is 0.325 e. The topological polar surface area (TPSA) is 51.8 Å². The first-order chi connectivity index (χ1) is 5.42. The van der Waals surface area contributed by atoms with Crippen molar-refractivity contribution in [1.82, 2.24) is 9.97 Å². The highest BCUT2D eigenvalue weighted by atomic mass is 35.5. The summed E-state index contributed by atoms with van der Waals surface area (Å²) in [6.07, 6.45) is 5.96. The summed E-state index contributed by atoms with van der Waals surface area (Å²) in [5.41, 5.74) is 7.60. The lowest BCUT2D eigenvalue weighted by Crippen LogP contribution is -2.05. The van der Waals surface area contributed by atoms with E-state index in [1.165, 1.54) is 12.8 Å². The molecule has 66 valence electrons. The van der Waals surface area contributed by atoms with E-state index in [1.807, 2.05) is 0 Å². The van der Waals surface area contributed by atoms with Gasteiger partial charge < -0.3 is 5.73 Å². The first kappa shape index (κ1) is 9.42. The number of rotatable bonds is 2. The molecule has 1 fully saturated rings. The van der Waals surface area contributed by atoms with Gasteiger partial charge in [-0.25, -0.2) is 0 Å². The Labute approximate surface area is 77.8 Å². The summed E-state index contributed by atoms with van der Waals surface area (Å²) in [5, 5.41) is 0. The van der Waals surface area contributed by atoms with Crippen LogP contribution in [0.2, 0.25) is 0 Å². The van der Waals surface area contributed by atoms with Gasteiger partial charge in [0, 0.05) is 24.9 Å². The smallest absolute Gasteiger partial charge is 0.0757 e. The maximum atomic E-state index is 5.51. The molecular formula is C8H12ClN3. The second kappa shape index (κ2) is 3.83. The summed E-state index contributed by atoms with van der Waals surface area (Å²) in [5.74, 6) is 0.655. The van der Waals surface area contributed by atoms with Crippen molar-refractivity contribution in [3.05, 3.63) is 23.8 Å². The van der Waals surface area contributed by atoms with Gasteiger partial charge >= 0.3 is 0 Å². The number of hydrogen-bond donors (Lipinski definition) is 1. The molecule has 0 unspecified atom stereocenters. The third-order valence-electron chi connectivity index (χ3n) is 1.96. The lowest BCUT2D eigenvalue weighted by Gasteiger charge is -2.01. The van der Waals surface area contributed by atoms with Gasteiger partial charge in [0.05, 0.1) is 11.4 Å². The van der Waals surface area contributed by atoms with E-state index in [0.29, 0.717) is 12.5 Å². The fourth-order valence-corrected chi connectivity index (χ4v) is 1.23. The monoisotopic (exact) mass is 185 g/mol. The normalized spacial score (nSPS) is 15.4. The van der Waals surface area contributed by atoms with E-state index >= 15 is 0 Å². The van der Waals surface area contributed by atoms with Crippen LogP contribution < -0.4 is 5.73 Å².